The molecule has 0 aromatic heterocycles. The van der Waals surface area contributed by atoms with Crippen molar-refractivity contribution in [1.82, 2.24) is 5.32 Å². The number of carbonyl (C=O) groups is 2. The van der Waals surface area contributed by atoms with E-state index in [1.165, 1.54) is 26.2 Å². The monoisotopic (exact) mass is 849 g/mol. The molecule has 62 heavy (non-hydrogen) atoms. The third-order valence-corrected chi connectivity index (χ3v) is 11.8. The Balaban J connectivity index is 1.18. The molecule has 2 saturated heterocycles. The number of hydrogen-bond acceptors (Lipinski definition) is 10. The number of ketones is 1. The number of hydrogen-bond donors (Lipinski definition) is 1. The molecule has 7 rings (SSSR count). The van der Waals surface area contributed by atoms with Gasteiger partial charge in [0.25, 0.3) is 0 Å². The second kappa shape index (κ2) is 24.0. The first-order valence-electron chi connectivity index (χ1n) is 22.4. The summed E-state index contributed by atoms with van der Waals surface area (Å²) in [7, 11) is 0. The SMILES string of the molecule is CCCCCCCCO[C@@H]1O[C@H](COCc2ccccc2)[C@@H](OCc2ccccc2)[C@H](O[C@@H]2C[C@@H]3CO[C@@H](c4ccccc4)O[C@H]3[C@H](OCc3ccccc3)C2=O)[C@H]1NC(C)=O. The Morgan fingerprint density at radius 2 is 1.29 bits per heavy atom. The smallest absolute Gasteiger partial charge is 0.217 e. The zero-order valence-corrected chi connectivity index (χ0v) is 36.1. The van der Waals surface area contributed by atoms with Crippen molar-refractivity contribution in [2.75, 3.05) is 19.8 Å². The third kappa shape index (κ3) is 12.9. The van der Waals surface area contributed by atoms with E-state index in [4.69, 9.17) is 37.9 Å². The molecule has 0 radical (unpaired) electrons. The Kier molecular flexibility index (Phi) is 17.7. The van der Waals surface area contributed by atoms with Crippen LogP contribution in [0.25, 0.3) is 0 Å². The Morgan fingerprint density at radius 3 is 1.94 bits per heavy atom. The highest BCUT2D eigenvalue weighted by atomic mass is 16.7. The molecule has 1 saturated carbocycles. The van der Waals surface area contributed by atoms with E-state index in [2.05, 4.69) is 12.2 Å². The minimum Gasteiger partial charge on any atom is -0.374 e. The number of Topliss-reactive ketones (excluding diaryl/α,β-unsaturated/α-hetero) is 1. The van der Waals surface area contributed by atoms with Crippen molar-refractivity contribution in [2.45, 2.75) is 134 Å². The van der Waals surface area contributed by atoms with Crippen molar-refractivity contribution in [1.29, 1.82) is 0 Å². The maximum atomic E-state index is 15.0. The van der Waals surface area contributed by atoms with Crippen LogP contribution < -0.4 is 5.32 Å². The zero-order valence-electron chi connectivity index (χ0n) is 36.1. The van der Waals surface area contributed by atoms with Gasteiger partial charge in [-0.1, -0.05) is 160 Å². The maximum Gasteiger partial charge on any atom is 0.217 e. The normalized spacial score (nSPS) is 27.4. The van der Waals surface area contributed by atoms with Crippen molar-refractivity contribution in [3.63, 3.8) is 0 Å². The molecular weight excluding hydrogens is 787 g/mol. The standard InChI is InChI=1S/C51H63NO10/c1-3-4-5-6-7-20-29-56-51-44(52-36(2)53)48(47(57-32-38-23-14-9-15-24-38)43(61-51)35-55-31-37-21-12-8-13-22-37)60-42-30-41-34-59-50(40-27-18-11-19-28-40)62-46(41)49(45(42)54)58-33-39-25-16-10-17-26-39/h8-19,21-28,41-44,46-51H,3-7,20,29-35H2,1-2H3,(H,52,53)/t41-,42-,43-,44-,46-,47-,48-,49-,50-,51-/m1/s1. The van der Waals surface area contributed by atoms with Gasteiger partial charge >= 0.3 is 0 Å². The van der Waals surface area contributed by atoms with Gasteiger partial charge in [0.15, 0.2) is 18.4 Å². The predicted octanol–water partition coefficient (Wildman–Crippen LogP) is 8.44. The summed E-state index contributed by atoms with van der Waals surface area (Å²) in [5, 5.41) is 3.10. The summed E-state index contributed by atoms with van der Waals surface area (Å²) in [6.07, 6.45) is 0.424. The van der Waals surface area contributed by atoms with Crippen LogP contribution >= 0.6 is 0 Å². The van der Waals surface area contributed by atoms with Crippen LogP contribution in [0.5, 0.6) is 0 Å². The first kappa shape index (κ1) is 45.7. The Bertz CT molecular complexity index is 1900. The molecule has 0 unspecified atom stereocenters. The highest BCUT2D eigenvalue weighted by Gasteiger charge is 2.54. The highest BCUT2D eigenvalue weighted by Crippen LogP contribution is 2.40. The molecule has 1 amide bonds. The lowest BCUT2D eigenvalue weighted by Gasteiger charge is -2.49. The number of carbonyl (C=O) groups excluding carboxylic acids is 2. The average molecular weight is 850 g/mol. The molecule has 4 aromatic rings. The van der Waals surface area contributed by atoms with E-state index in [0.29, 0.717) is 26.2 Å². The van der Waals surface area contributed by atoms with Gasteiger partial charge in [-0.2, -0.15) is 0 Å². The molecule has 3 fully saturated rings. The number of amides is 1. The van der Waals surface area contributed by atoms with E-state index < -0.39 is 55.2 Å². The molecule has 0 spiro atoms. The van der Waals surface area contributed by atoms with Gasteiger partial charge in [0.2, 0.25) is 5.91 Å². The molecule has 2 aliphatic heterocycles. The molecule has 1 N–H and O–H groups in total. The molecular formula is C51H63NO10. The summed E-state index contributed by atoms with van der Waals surface area (Å²) in [4.78, 5) is 28.0. The van der Waals surface area contributed by atoms with Crippen LogP contribution in [-0.4, -0.2) is 80.5 Å². The average Bonchev–Trinajstić information content (AvgIpc) is 3.30. The summed E-state index contributed by atoms with van der Waals surface area (Å²) >= 11 is 0. The van der Waals surface area contributed by atoms with Gasteiger partial charge in [0, 0.05) is 25.0 Å². The number of ether oxygens (including phenoxy) is 8. The maximum absolute atomic E-state index is 15.0. The van der Waals surface area contributed by atoms with Gasteiger partial charge in [0.05, 0.1) is 39.1 Å². The van der Waals surface area contributed by atoms with Crippen LogP contribution in [-0.2, 0) is 67.3 Å². The third-order valence-electron chi connectivity index (χ3n) is 11.8. The van der Waals surface area contributed by atoms with E-state index in [9.17, 15) is 9.59 Å². The number of fused-ring (bicyclic) bond motifs is 1. The lowest BCUT2D eigenvalue weighted by molar-refractivity contribution is -0.302. The van der Waals surface area contributed by atoms with Crippen LogP contribution in [0.3, 0.4) is 0 Å². The first-order valence-corrected chi connectivity index (χ1v) is 22.4. The first-order chi connectivity index (χ1) is 30.5. The van der Waals surface area contributed by atoms with E-state index in [1.807, 2.05) is 121 Å². The van der Waals surface area contributed by atoms with Crippen molar-refractivity contribution in [3.05, 3.63) is 144 Å². The van der Waals surface area contributed by atoms with Crippen molar-refractivity contribution in [3.8, 4) is 0 Å². The molecule has 332 valence electrons. The summed E-state index contributed by atoms with van der Waals surface area (Å²) < 4.78 is 53.0. The Labute approximate surface area is 366 Å². The molecule has 4 aromatic carbocycles. The molecule has 2 heterocycles. The van der Waals surface area contributed by atoms with Crippen LogP contribution in [0.4, 0.5) is 0 Å². The van der Waals surface area contributed by atoms with Crippen LogP contribution in [0.1, 0.15) is 87.3 Å². The fourth-order valence-corrected chi connectivity index (χ4v) is 8.54. The lowest BCUT2D eigenvalue weighted by Crippen LogP contribution is -2.67. The van der Waals surface area contributed by atoms with Gasteiger partial charge in [-0.05, 0) is 29.5 Å². The highest BCUT2D eigenvalue weighted by molar-refractivity contribution is 5.89. The summed E-state index contributed by atoms with van der Waals surface area (Å²) in [6, 6.07) is 38.5. The lowest BCUT2D eigenvalue weighted by atomic mass is 9.80. The molecule has 0 bridgehead atoms. The predicted molar refractivity (Wildman–Crippen MR) is 234 cm³/mol. The Morgan fingerprint density at radius 1 is 0.694 bits per heavy atom. The second-order valence-corrected chi connectivity index (χ2v) is 16.6. The van der Waals surface area contributed by atoms with E-state index in [1.54, 1.807) is 0 Å². The number of rotatable bonds is 22. The fourth-order valence-electron chi connectivity index (χ4n) is 8.54. The number of unbranched alkanes of at least 4 members (excludes halogenated alkanes) is 5. The van der Waals surface area contributed by atoms with E-state index >= 15 is 0 Å². The van der Waals surface area contributed by atoms with Gasteiger partial charge in [-0.25, -0.2) is 0 Å². The summed E-state index contributed by atoms with van der Waals surface area (Å²) in [5.41, 5.74) is 3.76. The topological polar surface area (TPSA) is 120 Å². The quantitative estimate of drug-likeness (QED) is 0.0772. The van der Waals surface area contributed by atoms with Gasteiger partial charge in [-0.15, -0.1) is 0 Å². The minimum absolute atomic E-state index is 0.145. The van der Waals surface area contributed by atoms with Gasteiger partial charge < -0.3 is 43.2 Å². The number of nitrogens with one attached hydrogen (secondary N) is 1. The van der Waals surface area contributed by atoms with Crippen molar-refractivity contribution >= 4 is 11.7 Å². The van der Waals surface area contributed by atoms with Crippen molar-refractivity contribution in [2.24, 2.45) is 5.92 Å². The van der Waals surface area contributed by atoms with Crippen molar-refractivity contribution < 1.29 is 47.5 Å². The van der Waals surface area contributed by atoms with Gasteiger partial charge in [-0.3, -0.25) is 9.59 Å². The largest absolute Gasteiger partial charge is 0.374 e. The molecule has 10 atom stereocenters. The summed E-state index contributed by atoms with van der Waals surface area (Å²) in [6.45, 7) is 5.35. The Hall–Kier alpha value is -4.30. The molecule has 11 nitrogen and oxygen atoms in total. The van der Waals surface area contributed by atoms with Crippen LogP contribution in [0.15, 0.2) is 121 Å². The van der Waals surface area contributed by atoms with Crippen LogP contribution in [0, 0.1) is 5.92 Å². The van der Waals surface area contributed by atoms with Crippen LogP contribution in [0.2, 0.25) is 0 Å². The minimum atomic E-state index is -0.957. The molecule has 11 heteroatoms. The number of benzene rings is 4. The zero-order chi connectivity index (χ0) is 42.9. The summed E-state index contributed by atoms with van der Waals surface area (Å²) in [5.74, 6) is -0.765. The van der Waals surface area contributed by atoms with Gasteiger partial charge in [0.1, 0.15) is 36.6 Å². The fraction of sp³-hybridized carbons (Fsp3) is 0.490. The molecule has 1 aliphatic carbocycles. The second-order valence-electron chi connectivity index (χ2n) is 16.6. The van der Waals surface area contributed by atoms with E-state index in [0.717, 1.165) is 41.5 Å². The molecule has 3 aliphatic rings. The van der Waals surface area contributed by atoms with E-state index in [-0.39, 0.29) is 37.4 Å².